The number of hydrogen-bond acceptors (Lipinski definition) is 5. The second-order valence-electron chi connectivity index (χ2n) is 5.76. The van der Waals surface area contributed by atoms with Crippen molar-refractivity contribution < 1.29 is 4.52 Å². The number of aryl methyl sites for hydroxylation is 2. The van der Waals surface area contributed by atoms with E-state index in [0.29, 0.717) is 18.2 Å². The molecule has 6 nitrogen and oxygen atoms in total. The van der Waals surface area contributed by atoms with Gasteiger partial charge in [0.2, 0.25) is 0 Å². The van der Waals surface area contributed by atoms with Crippen LogP contribution in [0.4, 0.5) is 0 Å². The molecule has 0 saturated heterocycles. The molecule has 0 aromatic carbocycles. The van der Waals surface area contributed by atoms with Gasteiger partial charge in [0.25, 0.3) is 0 Å². The van der Waals surface area contributed by atoms with Crippen LogP contribution in [0.3, 0.4) is 0 Å². The van der Waals surface area contributed by atoms with Crippen LogP contribution >= 0.6 is 11.6 Å². The normalized spacial score (nSPS) is 11.4. The van der Waals surface area contributed by atoms with E-state index in [9.17, 15) is 0 Å². The molecular weight excluding hydrogens is 326 g/mol. The third-order valence-electron chi connectivity index (χ3n) is 3.83. The van der Waals surface area contributed by atoms with Crippen molar-refractivity contribution in [3.8, 4) is 11.4 Å². The van der Waals surface area contributed by atoms with Crippen molar-refractivity contribution >= 4 is 11.6 Å². The molecule has 0 radical (unpaired) electrons. The molecule has 3 aromatic rings. The van der Waals surface area contributed by atoms with E-state index in [-0.39, 0.29) is 0 Å². The van der Waals surface area contributed by atoms with E-state index < -0.39 is 0 Å². The minimum absolute atomic E-state index is 0.633. The first-order chi connectivity index (χ1) is 11.6. The summed E-state index contributed by atoms with van der Waals surface area (Å²) in [5, 5.41) is 9.23. The average molecular weight is 346 g/mol. The van der Waals surface area contributed by atoms with Crippen LogP contribution in [0.5, 0.6) is 0 Å². The number of pyridine rings is 1. The Morgan fingerprint density at radius 1 is 1.25 bits per heavy atom. The van der Waals surface area contributed by atoms with Crippen molar-refractivity contribution in [3.63, 3.8) is 0 Å². The lowest BCUT2D eigenvalue weighted by Gasteiger charge is -2.14. The number of hydrogen-bond donors (Lipinski definition) is 0. The molecule has 0 amide bonds. The molecule has 3 aromatic heterocycles. The molecule has 0 spiro atoms. The van der Waals surface area contributed by atoms with Crippen molar-refractivity contribution in [1.82, 2.24) is 24.8 Å². The predicted molar refractivity (Wildman–Crippen MR) is 92.5 cm³/mol. The summed E-state index contributed by atoms with van der Waals surface area (Å²) in [6.45, 7) is 3.42. The first-order valence-corrected chi connectivity index (χ1v) is 8.22. The standard InChI is InChI=1S/C17H20ClN5O/c1-4-14-13(17(18)23(3)20-14)11-22(2)10-12-9-16(21-24-12)15-7-5-6-8-19-15/h5-9H,4,10-11H2,1-3H3. The average Bonchev–Trinajstić information content (AvgIpc) is 3.15. The van der Waals surface area contributed by atoms with Crippen LogP contribution in [0.25, 0.3) is 11.4 Å². The van der Waals surface area contributed by atoms with Crippen molar-refractivity contribution in [2.24, 2.45) is 7.05 Å². The summed E-state index contributed by atoms with van der Waals surface area (Å²) < 4.78 is 7.15. The summed E-state index contributed by atoms with van der Waals surface area (Å²) in [6.07, 6.45) is 2.60. The molecule has 0 saturated carbocycles. The Morgan fingerprint density at radius 3 is 2.79 bits per heavy atom. The summed E-state index contributed by atoms with van der Waals surface area (Å²) in [5.41, 5.74) is 3.64. The van der Waals surface area contributed by atoms with Crippen molar-refractivity contribution in [2.45, 2.75) is 26.4 Å². The van der Waals surface area contributed by atoms with Crippen LogP contribution in [-0.2, 0) is 26.6 Å². The molecule has 3 rings (SSSR count). The minimum Gasteiger partial charge on any atom is -0.359 e. The van der Waals surface area contributed by atoms with Gasteiger partial charge in [-0.1, -0.05) is 29.7 Å². The maximum absolute atomic E-state index is 6.35. The van der Waals surface area contributed by atoms with Crippen LogP contribution in [0.2, 0.25) is 5.15 Å². The first-order valence-electron chi connectivity index (χ1n) is 7.84. The molecule has 3 heterocycles. The van der Waals surface area contributed by atoms with Crippen LogP contribution < -0.4 is 0 Å². The summed E-state index contributed by atoms with van der Waals surface area (Å²) in [7, 11) is 3.88. The lowest BCUT2D eigenvalue weighted by atomic mass is 10.2. The Balaban J connectivity index is 1.70. The lowest BCUT2D eigenvalue weighted by Crippen LogP contribution is -2.17. The topological polar surface area (TPSA) is 60.0 Å². The Morgan fingerprint density at radius 2 is 2.08 bits per heavy atom. The zero-order valence-corrected chi connectivity index (χ0v) is 14.8. The number of rotatable bonds is 6. The highest BCUT2D eigenvalue weighted by Crippen LogP contribution is 2.23. The molecule has 7 heteroatoms. The molecule has 0 aliphatic rings. The number of halogens is 1. The monoisotopic (exact) mass is 345 g/mol. The van der Waals surface area contributed by atoms with Gasteiger partial charge in [0.15, 0.2) is 5.76 Å². The van der Waals surface area contributed by atoms with Crippen LogP contribution in [-0.4, -0.2) is 31.9 Å². The summed E-state index contributed by atoms with van der Waals surface area (Å²) in [4.78, 5) is 6.41. The van der Waals surface area contributed by atoms with Crippen molar-refractivity contribution in [1.29, 1.82) is 0 Å². The molecule has 0 fully saturated rings. The molecule has 24 heavy (non-hydrogen) atoms. The molecular formula is C17H20ClN5O. The number of aromatic nitrogens is 4. The van der Waals surface area contributed by atoms with Gasteiger partial charge >= 0.3 is 0 Å². The highest BCUT2D eigenvalue weighted by Gasteiger charge is 2.16. The minimum atomic E-state index is 0.633. The maximum Gasteiger partial charge on any atom is 0.151 e. The van der Waals surface area contributed by atoms with Gasteiger partial charge in [0.1, 0.15) is 10.8 Å². The van der Waals surface area contributed by atoms with Gasteiger partial charge in [-0.2, -0.15) is 5.10 Å². The van der Waals surface area contributed by atoms with E-state index in [2.05, 4.69) is 27.1 Å². The van der Waals surface area contributed by atoms with Crippen LogP contribution in [0, 0.1) is 0 Å². The fraction of sp³-hybridized carbons (Fsp3) is 0.353. The lowest BCUT2D eigenvalue weighted by molar-refractivity contribution is 0.266. The summed E-state index contributed by atoms with van der Waals surface area (Å²) >= 11 is 6.35. The van der Waals surface area contributed by atoms with Gasteiger partial charge in [0, 0.05) is 31.4 Å². The Hall–Kier alpha value is -2.18. The Bertz CT molecular complexity index is 812. The molecule has 0 N–H and O–H groups in total. The molecule has 0 aliphatic heterocycles. The first kappa shape index (κ1) is 16.7. The summed E-state index contributed by atoms with van der Waals surface area (Å²) in [5.74, 6) is 0.788. The van der Waals surface area contributed by atoms with Crippen molar-refractivity contribution in [2.75, 3.05) is 7.05 Å². The van der Waals surface area contributed by atoms with Crippen LogP contribution in [0.15, 0.2) is 35.0 Å². The predicted octanol–water partition coefficient (Wildman–Crippen LogP) is 3.32. The van der Waals surface area contributed by atoms with Gasteiger partial charge in [-0.25, -0.2) is 0 Å². The van der Waals surface area contributed by atoms with E-state index in [1.807, 2.05) is 38.4 Å². The van der Waals surface area contributed by atoms with E-state index in [4.69, 9.17) is 16.1 Å². The zero-order valence-electron chi connectivity index (χ0n) is 14.0. The smallest absolute Gasteiger partial charge is 0.151 e. The van der Waals surface area contributed by atoms with E-state index in [1.165, 1.54) is 0 Å². The number of nitrogens with zero attached hydrogens (tertiary/aromatic N) is 5. The molecule has 0 unspecified atom stereocenters. The highest BCUT2D eigenvalue weighted by atomic mass is 35.5. The van der Waals surface area contributed by atoms with Crippen molar-refractivity contribution in [3.05, 3.63) is 52.6 Å². The Kier molecular flexibility index (Phi) is 4.97. The Labute approximate surface area is 146 Å². The van der Waals surface area contributed by atoms with Crippen LogP contribution in [0.1, 0.15) is 23.9 Å². The van der Waals surface area contributed by atoms with Gasteiger partial charge in [0.05, 0.1) is 17.9 Å². The van der Waals surface area contributed by atoms with Gasteiger partial charge in [-0.15, -0.1) is 0 Å². The fourth-order valence-electron chi connectivity index (χ4n) is 2.65. The van der Waals surface area contributed by atoms with Gasteiger partial charge in [-0.3, -0.25) is 14.6 Å². The molecule has 0 atom stereocenters. The third kappa shape index (κ3) is 3.49. The highest BCUT2D eigenvalue weighted by molar-refractivity contribution is 6.30. The van der Waals surface area contributed by atoms with Gasteiger partial charge in [-0.05, 0) is 25.6 Å². The van der Waals surface area contributed by atoms with E-state index in [1.54, 1.807) is 10.9 Å². The SMILES string of the molecule is CCc1nn(C)c(Cl)c1CN(C)Cc1cc(-c2ccccn2)no1. The van der Waals surface area contributed by atoms with Gasteiger partial charge < -0.3 is 4.52 Å². The second-order valence-corrected chi connectivity index (χ2v) is 6.12. The molecule has 126 valence electrons. The zero-order chi connectivity index (χ0) is 17.1. The fourth-order valence-corrected chi connectivity index (χ4v) is 2.86. The largest absolute Gasteiger partial charge is 0.359 e. The second kappa shape index (κ2) is 7.15. The quantitative estimate of drug-likeness (QED) is 0.686. The summed E-state index contributed by atoms with van der Waals surface area (Å²) in [6, 6.07) is 7.64. The van der Waals surface area contributed by atoms with E-state index in [0.717, 1.165) is 34.8 Å². The van der Waals surface area contributed by atoms with E-state index >= 15 is 0 Å². The maximum atomic E-state index is 6.35. The molecule has 0 bridgehead atoms. The molecule has 0 aliphatic carbocycles. The third-order valence-corrected chi connectivity index (χ3v) is 4.30.